The number of carboxylic acids is 1. The number of methoxy groups -OCH3 is 1. The maximum Gasteiger partial charge on any atom is 0.323 e. The Balaban J connectivity index is 2.65. The lowest BCUT2D eigenvalue weighted by Gasteiger charge is -2.18. The molecule has 0 aromatic carbocycles. The first kappa shape index (κ1) is 18.2. The highest BCUT2D eigenvalue weighted by atomic mass is 16.5. The molecule has 2 aromatic rings. The van der Waals surface area contributed by atoms with Crippen molar-refractivity contribution in [3.63, 3.8) is 0 Å². The van der Waals surface area contributed by atoms with Crippen molar-refractivity contribution in [1.82, 2.24) is 14.3 Å². The average molecular weight is 349 g/mol. The van der Waals surface area contributed by atoms with Gasteiger partial charge in [-0.25, -0.2) is 0 Å². The van der Waals surface area contributed by atoms with Crippen molar-refractivity contribution in [2.24, 2.45) is 7.05 Å². The summed E-state index contributed by atoms with van der Waals surface area (Å²) in [4.78, 5) is 35.6. The van der Waals surface area contributed by atoms with Gasteiger partial charge in [-0.05, 0) is 18.6 Å². The summed E-state index contributed by atoms with van der Waals surface area (Å²) in [5.41, 5.74) is 0.102. The maximum absolute atomic E-state index is 12.8. The van der Waals surface area contributed by atoms with Crippen LogP contribution in [0.5, 0.6) is 5.75 Å². The number of carbonyl (C=O) groups excluding carboxylic acids is 1. The van der Waals surface area contributed by atoms with Gasteiger partial charge in [-0.3, -0.25) is 19.1 Å². The quantitative estimate of drug-likeness (QED) is 0.722. The first-order valence-corrected chi connectivity index (χ1v) is 7.45. The van der Waals surface area contributed by atoms with E-state index >= 15 is 0 Å². The molecule has 0 spiro atoms. The zero-order valence-corrected chi connectivity index (χ0v) is 14.1. The van der Waals surface area contributed by atoms with Crippen molar-refractivity contribution in [2.45, 2.75) is 25.8 Å². The normalized spacial score (nSPS) is 12.0. The van der Waals surface area contributed by atoms with Crippen LogP contribution in [0.2, 0.25) is 0 Å². The van der Waals surface area contributed by atoms with Crippen LogP contribution in [0, 0.1) is 6.92 Å². The summed E-state index contributed by atoms with van der Waals surface area (Å²) >= 11 is 0. The van der Waals surface area contributed by atoms with Gasteiger partial charge >= 0.3 is 11.9 Å². The molecule has 2 N–H and O–H groups in total. The van der Waals surface area contributed by atoms with Gasteiger partial charge in [-0.15, -0.1) is 0 Å². The van der Waals surface area contributed by atoms with Crippen molar-refractivity contribution >= 4 is 11.9 Å². The predicted molar refractivity (Wildman–Crippen MR) is 86.4 cm³/mol. The monoisotopic (exact) mass is 349 g/mol. The molecule has 9 nitrogen and oxygen atoms in total. The van der Waals surface area contributed by atoms with E-state index in [1.54, 1.807) is 13.2 Å². The summed E-state index contributed by atoms with van der Waals surface area (Å²) in [7, 11) is 2.90. The van der Waals surface area contributed by atoms with E-state index in [0.29, 0.717) is 11.3 Å². The number of aromatic hydroxyl groups is 1. The van der Waals surface area contributed by atoms with Crippen LogP contribution in [0.15, 0.2) is 23.3 Å². The molecule has 0 saturated carbocycles. The molecule has 9 heteroatoms. The molecule has 25 heavy (non-hydrogen) atoms. The van der Waals surface area contributed by atoms with E-state index in [-0.39, 0.29) is 17.7 Å². The van der Waals surface area contributed by atoms with E-state index in [1.165, 1.54) is 31.0 Å². The number of hydrogen-bond acceptors (Lipinski definition) is 6. The summed E-state index contributed by atoms with van der Waals surface area (Å²) in [6, 6.07) is 1.31. The van der Waals surface area contributed by atoms with Crippen molar-refractivity contribution in [1.29, 1.82) is 0 Å². The Kier molecular flexibility index (Phi) is 5.26. The third-order valence-electron chi connectivity index (χ3n) is 3.89. The Labute approximate surface area is 143 Å². The minimum Gasteiger partial charge on any atom is -0.507 e. The van der Waals surface area contributed by atoms with Crippen LogP contribution < -0.4 is 5.56 Å². The minimum atomic E-state index is -1.19. The Morgan fingerprint density at radius 2 is 2.08 bits per heavy atom. The van der Waals surface area contributed by atoms with Gasteiger partial charge in [-0.2, -0.15) is 5.10 Å². The number of rotatable bonds is 6. The first-order valence-electron chi connectivity index (χ1n) is 7.45. The van der Waals surface area contributed by atoms with Gasteiger partial charge in [-0.1, -0.05) is 0 Å². The Hall–Kier alpha value is -3.10. The van der Waals surface area contributed by atoms with Crippen molar-refractivity contribution < 1.29 is 24.5 Å². The fourth-order valence-corrected chi connectivity index (χ4v) is 2.68. The van der Waals surface area contributed by atoms with Gasteiger partial charge < -0.3 is 19.5 Å². The molecule has 2 aromatic heterocycles. The predicted octanol–water partition coefficient (Wildman–Crippen LogP) is 0.375. The Morgan fingerprint density at radius 1 is 1.40 bits per heavy atom. The van der Waals surface area contributed by atoms with Crippen molar-refractivity contribution in [3.8, 4) is 5.75 Å². The summed E-state index contributed by atoms with van der Waals surface area (Å²) in [6.45, 7) is 0.975. The molecule has 134 valence electrons. The summed E-state index contributed by atoms with van der Waals surface area (Å²) in [6.07, 6.45) is 2.91. The number of aromatic nitrogens is 3. The Bertz CT molecular complexity index is 867. The lowest BCUT2D eigenvalue weighted by atomic mass is 9.90. The van der Waals surface area contributed by atoms with Crippen LogP contribution in [-0.2, 0) is 27.9 Å². The SMILES string of the molecule is COC(=O)C[C@@H](c1cnn(C)c1)c1c(O)cc(C)n(CC(=O)O)c1=O. The molecule has 0 amide bonds. The van der Waals surface area contributed by atoms with Crippen molar-refractivity contribution in [2.75, 3.05) is 7.11 Å². The van der Waals surface area contributed by atoms with E-state index in [2.05, 4.69) is 9.84 Å². The van der Waals surface area contributed by atoms with Crippen LogP contribution in [0.1, 0.15) is 29.2 Å². The molecule has 1 atom stereocenters. The van der Waals surface area contributed by atoms with E-state index in [4.69, 9.17) is 5.11 Å². The van der Waals surface area contributed by atoms with E-state index in [1.807, 2.05) is 0 Å². The number of aryl methyl sites for hydroxylation is 2. The van der Waals surface area contributed by atoms with Crippen LogP contribution >= 0.6 is 0 Å². The third kappa shape index (κ3) is 3.87. The van der Waals surface area contributed by atoms with Crippen LogP contribution in [-0.4, -0.2) is 43.6 Å². The maximum atomic E-state index is 12.8. The van der Waals surface area contributed by atoms with E-state index in [0.717, 1.165) is 4.57 Å². The van der Waals surface area contributed by atoms with Gasteiger partial charge in [0, 0.05) is 24.9 Å². The molecule has 2 rings (SSSR count). The number of esters is 1. The van der Waals surface area contributed by atoms with Crippen molar-refractivity contribution in [3.05, 3.63) is 45.6 Å². The standard InChI is InChI=1S/C16H19N3O6/c1-9-4-12(20)15(16(24)19(9)8-13(21)22)11(5-14(23)25-3)10-6-17-18(2)7-10/h4,6-7,11,20H,5,8H2,1-3H3,(H,21,22)/t11-/m0/s1. The van der Waals surface area contributed by atoms with Gasteiger partial charge in [0.15, 0.2) is 0 Å². The first-order chi connectivity index (χ1) is 11.7. The topological polar surface area (TPSA) is 124 Å². The summed E-state index contributed by atoms with van der Waals surface area (Å²) in [5.74, 6) is -2.87. The fourth-order valence-electron chi connectivity index (χ4n) is 2.68. The number of carbonyl (C=O) groups is 2. The van der Waals surface area contributed by atoms with Gasteiger partial charge in [0.2, 0.25) is 0 Å². The number of carboxylic acid groups (broad SMARTS) is 1. The molecule has 0 aliphatic rings. The highest BCUT2D eigenvalue weighted by molar-refractivity contribution is 5.71. The molecule has 0 saturated heterocycles. The van der Waals surface area contributed by atoms with Gasteiger partial charge in [0.1, 0.15) is 12.3 Å². The summed E-state index contributed by atoms with van der Waals surface area (Å²) < 4.78 is 7.22. The molecule has 2 heterocycles. The largest absolute Gasteiger partial charge is 0.507 e. The molecule has 0 unspecified atom stereocenters. The highest BCUT2D eigenvalue weighted by Crippen LogP contribution is 2.32. The fraction of sp³-hybridized carbons (Fsp3) is 0.375. The van der Waals surface area contributed by atoms with Gasteiger partial charge in [0.25, 0.3) is 5.56 Å². The second kappa shape index (κ2) is 7.20. The molecule has 0 fully saturated rings. The number of aliphatic carboxylic acids is 1. The molecular weight excluding hydrogens is 330 g/mol. The smallest absolute Gasteiger partial charge is 0.323 e. The third-order valence-corrected chi connectivity index (χ3v) is 3.89. The molecule has 0 bridgehead atoms. The second-order valence-corrected chi connectivity index (χ2v) is 5.65. The summed E-state index contributed by atoms with van der Waals surface area (Å²) in [5, 5.41) is 23.3. The van der Waals surface area contributed by atoms with E-state index < -0.39 is 30.0 Å². The number of ether oxygens (including phenoxy) is 1. The van der Waals surface area contributed by atoms with E-state index in [9.17, 15) is 19.5 Å². The second-order valence-electron chi connectivity index (χ2n) is 5.65. The molecule has 0 aliphatic carbocycles. The zero-order chi connectivity index (χ0) is 18.7. The lowest BCUT2D eigenvalue weighted by Crippen LogP contribution is -2.30. The zero-order valence-electron chi connectivity index (χ0n) is 14.1. The highest BCUT2D eigenvalue weighted by Gasteiger charge is 2.27. The van der Waals surface area contributed by atoms with Crippen LogP contribution in [0.25, 0.3) is 0 Å². The molecule has 0 radical (unpaired) electrons. The van der Waals surface area contributed by atoms with Crippen LogP contribution in [0.4, 0.5) is 0 Å². The van der Waals surface area contributed by atoms with Crippen LogP contribution in [0.3, 0.4) is 0 Å². The minimum absolute atomic E-state index is 0.0646. The number of hydrogen-bond donors (Lipinski definition) is 2. The molecular formula is C16H19N3O6. The van der Waals surface area contributed by atoms with Gasteiger partial charge in [0.05, 0.1) is 25.3 Å². The average Bonchev–Trinajstić information content (AvgIpc) is 2.96. The number of pyridine rings is 1. The number of nitrogens with zero attached hydrogens (tertiary/aromatic N) is 3. The molecule has 0 aliphatic heterocycles. The Morgan fingerprint density at radius 3 is 2.60 bits per heavy atom. The lowest BCUT2D eigenvalue weighted by molar-refractivity contribution is -0.141.